The van der Waals surface area contributed by atoms with E-state index in [1.165, 1.54) is 83.5 Å². The zero-order chi connectivity index (χ0) is 38.8. The molecule has 0 amide bonds. The fourth-order valence-corrected chi connectivity index (χ4v) is 25.2. The van der Waals surface area contributed by atoms with E-state index >= 15 is 0 Å². The Labute approximate surface area is 376 Å². The molecule has 0 radical (unpaired) electrons. The van der Waals surface area contributed by atoms with Crippen LogP contribution in [-0.4, -0.2) is 24.0 Å². The normalized spacial score (nSPS) is 42.1. The molecular weight excluding hydrogens is 970 g/mol. The van der Waals surface area contributed by atoms with E-state index in [0.29, 0.717) is 33.7 Å². The van der Waals surface area contributed by atoms with Gasteiger partial charge in [-0.1, -0.05) is 60.3 Å². The van der Waals surface area contributed by atoms with Gasteiger partial charge < -0.3 is 0 Å². The standard InChI is InChI=1S/2C10H17Cl3Si.C9H15Cl3Si.C7H11Cl3Si/c1-6-8-4-7(10(8,2)3)5-9(6)14(11,12)13;1-10(2)8-4-3-7(9(10)5-8)6-14(11,12)13;10-13(11,12)4-3-9-6-7-1-2-8(9)5-7;8-11(9,10)7-4-5-1-2-6(7)3-5/h6-9H,4-5H2,1-3H3;7-9H,3-6H2,1-2H3;7-9H,1-6H2;5-7H,1-4H2. The van der Waals surface area contributed by atoms with Crippen LogP contribution in [0.25, 0.3) is 0 Å². The molecule has 0 aliphatic heterocycles. The van der Waals surface area contributed by atoms with Gasteiger partial charge in [-0.2, -0.15) is 0 Å². The number of hydrogen-bond donors (Lipinski definition) is 0. The monoisotopic (exact) mass is 1020 g/mol. The first-order chi connectivity index (χ1) is 23.7. The average molecular weight is 1030 g/mol. The molecule has 10 rings (SSSR count). The minimum absolute atomic E-state index is 0.393. The first kappa shape index (κ1) is 47.4. The molecule has 16 heteroatoms. The molecule has 10 fully saturated rings. The maximum absolute atomic E-state index is 6.16. The number of rotatable bonds is 7. The van der Waals surface area contributed by atoms with Crippen molar-refractivity contribution in [3.63, 3.8) is 0 Å². The summed E-state index contributed by atoms with van der Waals surface area (Å²) >= 11 is 72.2. The van der Waals surface area contributed by atoms with Crippen LogP contribution in [0.5, 0.6) is 0 Å². The van der Waals surface area contributed by atoms with E-state index in [2.05, 4.69) is 34.6 Å². The first-order valence-corrected chi connectivity index (χ1v) is 40.6. The van der Waals surface area contributed by atoms with Crippen molar-refractivity contribution in [2.45, 2.75) is 148 Å². The van der Waals surface area contributed by atoms with Crippen LogP contribution in [0, 0.1) is 75.9 Å². The second-order valence-electron chi connectivity index (χ2n) is 19.5. The van der Waals surface area contributed by atoms with Crippen molar-refractivity contribution in [2.75, 3.05) is 0 Å². The highest BCUT2D eigenvalue weighted by atomic mass is 35.9. The average Bonchev–Trinajstić information content (AvgIpc) is 3.82. The van der Waals surface area contributed by atoms with Crippen molar-refractivity contribution >= 4 is 157 Å². The zero-order valence-electron chi connectivity index (χ0n) is 31.4. The Balaban J connectivity index is 0.000000135. The molecule has 0 aromatic rings. The number of hydrogen-bond acceptors (Lipinski definition) is 0. The van der Waals surface area contributed by atoms with Gasteiger partial charge >= 0.3 is 24.0 Å². The SMILES string of the molecule is CC1(C)C2CCC(C[Si](Cl)(Cl)Cl)C1C2.CC1C2CC(CC1[Si](Cl)(Cl)Cl)C2(C)C.Cl[Si](Cl)(Cl)C1CC2CCC1C2.Cl[Si](Cl)(Cl)CCC1CC2CCC1C2. The van der Waals surface area contributed by atoms with Crippen molar-refractivity contribution < 1.29 is 0 Å². The van der Waals surface area contributed by atoms with Crippen LogP contribution in [-0.2, 0) is 0 Å². The maximum Gasteiger partial charge on any atom is 0.344 e. The summed E-state index contributed by atoms with van der Waals surface area (Å²) < 4.78 is 0. The van der Waals surface area contributed by atoms with Gasteiger partial charge in [0.25, 0.3) is 0 Å². The van der Waals surface area contributed by atoms with Crippen LogP contribution < -0.4 is 0 Å². The molecule has 0 spiro atoms. The maximum atomic E-state index is 6.16. The molecule has 10 aliphatic rings. The Morgan fingerprint density at radius 3 is 1.38 bits per heavy atom. The molecule has 0 N–H and O–H groups in total. The van der Waals surface area contributed by atoms with Gasteiger partial charge in [-0.05, 0) is 163 Å². The third kappa shape index (κ3) is 11.8. The summed E-state index contributed by atoms with van der Waals surface area (Å²) in [5, 5.41) is 0. The lowest BCUT2D eigenvalue weighted by atomic mass is 9.46. The Morgan fingerprint density at radius 1 is 0.481 bits per heavy atom. The smallest absolute Gasteiger partial charge is 0.126 e. The van der Waals surface area contributed by atoms with Gasteiger partial charge in [0.2, 0.25) is 0 Å². The lowest BCUT2D eigenvalue weighted by Gasteiger charge is -2.62. The van der Waals surface area contributed by atoms with E-state index in [1.54, 1.807) is 0 Å². The lowest BCUT2D eigenvalue weighted by Crippen LogP contribution is -2.56. The van der Waals surface area contributed by atoms with Crippen molar-refractivity contribution in [2.24, 2.45) is 75.9 Å². The van der Waals surface area contributed by atoms with Gasteiger partial charge in [-0.3, -0.25) is 0 Å². The van der Waals surface area contributed by atoms with E-state index < -0.39 is 24.0 Å². The van der Waals surface area contributed by atoms with Crippen LogP contribution >= 0.6 is 133 Å². The third-order valence-electron chi connectivity index (χ3n) is 16.1. The van der Waals surface area contributed by atoms with Gasteiger partial charge in [0.05, 0.1) is 0 Å². The van der Waals surface area contributed by atoms with Crippen molar-refractivity contribution in [3.8, 4) is 0 Å². The number of fused-ring (bicyclic) bond motifs is 8. The number of halogens is 12. The predicted molar refractivity (Wildman–Crippen MR) is 247 cm³/mol. The summed E-state index contributed by atoms with van der Waals surface area (Å²) in [5.74, 6) is 9.20. The minimum Gasteiger partial charge on any atom is -0.126 e. The highest BCUT2D eigenvalue weighted by molar-refractivity contribution is 7.66. The first-order valence-electron chi connectivity index (χ1n) is 19.9. The molecule has 0 heterocycles. The molecule has 0 saturated heterocycles. The molecule has 8 bridgehead atoms. The fourth-order valence-electron chi connectivity index (χ4n) is 12.8. The Morgan fingerprint density at radius 2 is 1.02 bits per heavy atom. The molecular formula is C36H60Cl12Si4. The zero-order valence-corrected chi connectivity index (χ0v) is 44.4. The third-order valence-corrected chi connectivity index (χ3v) is 29.2. The van der Waals surface area contributed by atoms with Gasteiger partial charge in [-0.25, -0.2) is 0 Å². The summed E-state index contributed by atoms with van der Waals surface area (Å²) in [6, 6.07) is -7.84. The highest BCUT2D eigenvalue weighted by Gasteiger charge is 2.60. The fraction of sp³-hybridized carbons (Fsp3) is 1.00. The second-order valence-corrected chi connectivity index (χ2v) is 55.9. The van der Waals surface area contributed by atoms with Gasteiger partial charge in [0.15, 0.2) is 0 Å². The molecule has 13 unspecified atom stereocenters. The summed E-state index contributed by atoms with van der Waals surface area (Å²) in [6.45, 7) is 11.8. The van der Waals surface area contributed by atoms with Gasteiger partial charge in [-0.15, -0.1) is 133 Å². The summed E-state index contributed by atoms with van der Waals surface area (Å²) in [5.41, 5.74) is 1.89. The molecule has 10 aliphatic carbocycles. The Kier molecular flexibility index (Phi) is 16.4. The molecule has 13 atom stereocenters. The summed E-state index contributed by atoms with van der Waals surface area (Å²) in [7, 11) is 0. The van der Waals surface area contributed by atoms with E-state index in [1.807, 2.05) is 0 Å². The van der Waals surface area contributed by atoms with Gasteiger partial charge in [0.1, 0.15) is 0 Å². The van der Waals surface area contributed by atoms with Crippen molar-refractivity contribution in [3.05, 3.63) is 0 Å². The van der Waals surface area contributed by atoms with E-state index in [-0.39, 0.29) is 0 Å². The quantitative estimate of drug-likeness (QED) is 0.176. The Hall–Kier alpha value is 4.35. The second kappa shape index (κ2) is 18.0. The van der Waals surface area contributed by atoms with Gasteiger partial charge in [0, 0.05) is 0 Å². The lowest BCUT2D eigenvalue weighted by molar-refractivity contribution is -0.0987. The largest absolute Gasteiger partial charge is 0.344 e. The molecule has 0 aromatic carbocycles. The minimum atomic E-state index is -2.48. The molecule has 10 saturated carbocycles. The van der Waals surface area contributed by atoms with Crippen LogP contribution in [0.3, 0.4) is 0 Å². The van der Waals surface area contributed by atoms with Crippen molar-refractivity contribution in [1.29, 1.82) is 0 Å². The van der Waals surface area contributed by atoms with Crippen LogP contribution in [0.2, 0.25) is 23.2 Å². The molecule has 0 nitrogen and oxygen atoms in total. The van der Waals surface area contributed by atoms with Crippen LogP contribution in [0.15, 0.2) is 0 Å². The summed E-state index contributed by atoms with van der Waals surface area (Å²) in [4.78, 5) is 0. The van der Waals surface area contributed by atoms with Crippen LogP contribution in [0.4, 0.5) is 0 Å². The van der Waals surface area contributed by atoms with E-state index in [9.17, 15) is 0 Å². The van der Waals surface area contributed by atoms with E-state index in [0.717, 1.165) is 71.8 Å². The molecule has 304 valence electrons. The van der Waals surface area contributed by atoms with E-state index in [4.69, 9.17) is 133 Å². The van der Waals surface area contributed by atoms with Crippen LogP contribution in [0.1, 0.15) is 125 Å². The molecule has 52 heavy (non-hydrogen) atoms. The summed E-state index contributed by atoms with van der Waals surface area (Å²) in [6.07, 6.45) is 18.7. The van der Waals surface area contributed by atoms with Crippen molar-refractivity contribution in [1.82, 2.24) is 0 Å². The Bertz CT molecular complexity index is 1180. The topological polar surface area (TPSA) is 0 Å². The predicted octanol–water partition coefficient (Wildman–Crippen LogP) is 17.7. The molecule has 0 aromatic heterocycles. The highest BCUT2D eigenvalue weighted by Crippen LogP contribution is 2.67.